The van der Waals surface area contributed by atoms with Crippen LogP contribution in [0.1, 0.15) is 18.1 Å². The number of carbonyl (C=O) groups is 1. The third kappa shape index (κ3) is 5.07. The molecule has 0 heterocycles. The number of amides is 1. The number of hydrazone groups is 1. The summed E-state index contributed by atoms with van der Waals surface area (Å²) >= 11 is 0. The average Bonchev–Trinajstić information content (AvgIpc) is 2.73. The molecule has 0 radical (unpaired) electrons. The molecule has 0 saturated carbocycles. The van der Waals surface area contributed by atoms with Gasteiger partial charge in [0.05, 0.1) is 17.7 Å². The van der Waals surface area contributed by atoms with Crippen molar-refractivity contribution in [3.63, 3.8) is 0 Å². The predicted molar refractivity (Wildman–Crippen MR) is 115 cm³/mol. The van der Waals surface area contributed by atoms with Crippen molar-refractivity contribution < 1.29 is 13.2 Å². The van der Waals surface area contributed by atoms with E-state index in [1.54, 1.807) is 18.2 Å². The van der Waals surface area contributed by atoms with Crippen LogP contribution in [0.15, 0.2) is 76.7 Å². The van der Waals surface area contributed by atoms with Crippen LogP contribution in [0.5, 0.6) is 0 Å². The highest BCUT2D eigenvalue weighted by Crippen LogP contribution is 2.21. The Bertz CT molecular complexity index is 1140. The fourth-order valence-corrected chi connectivity index (χ4v) is 4.01. The fraction of sp³-hybridized carbons (Fsp3) is 0.182. The molecule has 0 bridgehead atoms. The van der Waals surface area contributed by atoms with Crippen LogP contribution in [0, 0.1) is 0 Å². The number of hydrogen-bond acceptors (Lipinski definition) is 4. The highest BCUT2D eigenvalue weighted by Gasteiger charge is 2.23. The first-order valence-corrected chi connectivity index (χ1v) is 10.7. The molecule has 1 N–H and O–H groups in total. The van der Waals surface area contributed by atoms with Gasteiger partial charge < -0.3 is 0 Å². The number of rotatable bonds is 7. The minimum Gasteiger partial charge on any atom is -0.272 e. The zero-order chi connectivity index (χ0) is 20.9. The molecule has 0 aromatic heterocycles. The lowest BCUT2D eigenvalue weighted by molar-refractivity contribution is -0.121. The standard InChI is InChI=1S/C22H23N3O3S/c1-3-17-8-10-18(11-9-17)15-23-24-22(26)16-25(2)29(27,28)21-13-12-19-6-4-5-7-20(19)14-21/h4-15H,3,16H2,1-2H3,(H,24,26). The molecule has 0 unspecified atom stereocenters. The maximum atomic E-state index is 12.8. The van der Waals surface area contributed by atoms with Crippen LogP contribution in [0.3, 0.4) is 0 Å². The second-order valence-electron chi connectivity index (χ2n) is 6.66. The fourth-order valence-electron chi connectivity index (χ4n) is 2.85. The molecule has 6 nitrogen and oxygen atoms in total. The van der Waals surface area contributed by atoms with Gasteiger partial charge >= 0.3 is 0 Å². The van der Waals surface area contributed by atoms with Crippen LogP contribution in [0.25, 0.3) is 10.8 Å². The number of benzene rings is 3. The van der Waals surface area contributed by atoms with Crippen LogP contribution in [-0.2, 0) is 21.2 Å². The van der Waals surface area contributed by atoms with Gasteiger partial charge in [-0.1, -0.05) is 61.5 Å². The molecular formula is C22H23N3O3S. The Balaban J connectivity index is 1.63. The average molecular weight is 410 g/mol. The third-order valence-electron chi connectivity index (χ3n) is 4.59. The van der Waals surface area contributed by atoms with Gasteiger partial charge in [-0.05, 0) is 40.5 Å². The van der Waals surface area contributed by atoms with Crippen molar-refractivity contribution in [2.24, 2.45) is 5.10 Å². The Morgan fingerprint density at radius 1 is 1.03 bits per heavy atom. The van der Waals surface area contributed by atoms with E-state index in [0.29, 0.717) is 0 Å². The molecule has 3 rings (SSSR count). The quantitative estimate of drug-likeness (QED) is 0.481. The number of nitrogens with one attached hydrogen (secondary N) is 1. The van der Waals surface area contributed by atoms with Gasteiger partial charge in [0, 0.05) is 7.05 Å². The van der Waals surface area contributed by atoms with Gasteiger partial charge in [0.25, 0.3) is 5.91 Å². The van der Waals surface area contributed by atoms with Gasteiger partial charge in [-0.3, -0.25) is 4.79 Å². The van der Waals surface area contributed by atoms with Crippen molar-refractivity contribution in [3.05, 3.63) is 77.9 Å². The van der Waals surface area contributed by atoms with Crippen molar-refractivity contribution in [2.75, 3.05) is 13.6 Å². The SMILES string of the molecule is CCc1ccc(C=NNC(=O)CN(C)S(=O)(=O)c2ccc3ccccc3c2)cc1. The van der Waals surface area contributed by atoms with E-state index in [1.165, 1.54) is 18.8 Å². The monoisotopic (exact) mass is 409 g/mol. The maximum Gasteiger partial charge on any atom is 0.255 e. The van der Waals surface area contributed by atoms with Crippen molar-refractivity contribution in [3.8, 4) is 0 Å². The topological polar surface area (TPSA) is 78.8 Å². The lowest BCUT2D eigenvalue weighted by Crippen LogP contribution is -2.36. The van der Waals surface area contributed by atoms with Gasteiger partial charge in [-0.2, -0.15) is 9.41 Å². The van der Waals surface area contributed by atoms with Crippen LogP contribution in [-0.4, -0.2) is 38.4 Å². The summed E-state index contributed by atoms with van der Waals surface area (Å²) in [5, 5.41) is 5.68. The summed E-state index contributed by atoms with van der Waals surface area (Å²) in [6, 6.07) is 20.2. The molecule has 0 aliphatic carbocycles. The predicted octanol–water partition coefficient (Wildman–Crippen LogP) is 3.17. The third-order valence-corrected chi connectivity index (χ3v) is 6.39. The van der Waals surface area contributed by atoms with E-state index < -0.39 is 15.9 Å². The molecule has 0 aliphatic heterocycles. The van der Waals surface area contributed by atoms with Crippen LogP contribution < -0.4 is 5.43 Å². The first kappa shape index (κ1) is 20.7. The molecule has 3 aromatic carbocycles. The number of fused-ring (bicyclic) bond motifs is 1. The van der Waals surface area contributed by atoms with Gasteiger partial charge in [0.1, 0.15) is 0 Å². The molecular weight excluding hydrogens is 386 g/mol. The molecule has 0 fully saturated rings. The lowest BCUT2D eigenvalue weighted by atomic mass is 10.1. The molecule has 150 valence electrons. The van der Waals surface area contributed by atoms with Crippen molar-refractivity contribution in [1.82, 2.24) is 9.73 Å². The highest BCUT2D eigenvalue weighted by atomic mass is 32.2. The van der Waals surface area contributed by atoms with Gasteiger partial charge in [0.15, 0.2) is 0 Å². The lowest BCUT2D eigenvalue weighted by Gasteiger charge is -2.16. The summed E-state index contributed by atoms with van der Waals surface area (Å²) in [5.74, 6) is -0.515. The Labute approximate surface area is 170 Å². The molecule has 0 aliphatic rings. The number of carbonyl (C=O) groups excluding carboxylic acids is 1. The minimum absolute atomic E-state index is 0.144. The van der Waals surface area contributed by atoms with Crippen molar-refractivity contribution in [2.45, 2.75) is 18.2 Å². The summed E-state index contributed by atoms with van der Waals surface area (Å²) in [7, 11) is -2.42. The zero-order valence-electron chi connectivity index (χ0n) is 16.4. The van der Waals surface area contributed by atoms with Crippen LogP contribution in [0.2, 0.25) is 0 Å². The summed E-state index contributed by atoms with van der Waals surface area (Å²) in [6.45, 7) is 1.74. The largest absolute Gasteiger partial charge is 0.272 e. The molecule has 7 heteroatoms. The summed E-state index contributed by atoms with van der Waals surface area (Å²) in [4.78, 5) is 12.2. The Hall–Kier alpha value is -3.03. The highest BCUT2D eigenvalue weighted by molar-refractivity contribution is 7.89. The maximum absolute atomic E-state index is 12.8. The van der Waals surface area contributed by atoms with E-state index in [1.807, 2.05) is 48.5 Å². The molecule has 3 aromatic rings. The Morgan fingerprint density at radius 2 is 1.72 bits per heavy atom. The van der Waals surface area contributed by atoms with Gasteiger partial charge in [-0.15, -0.1) is 0 Å². The summed E-state index contributed by atoms with van der Waals surface area (Å²) < 4.78 is 26.6. The van der Waals surface area contributed by atoms with E-state index in [0.717, 1.165) is 27.1 Å². The van der Waals surface area contributed by atoms with Gasteiger partial charge in [0.2, 0.25) is 10.0 Å². The van der Waals surface area contributed by atoms with Crippen molar-refractivity contribution >= 4 is 32.9 Å². The van der Waals surface area contributed by atoms with E-state index in [4.69, 9.17) is 0 Å². The second kappa shape index (κ2) is 8.98. The molecule has 29 heavy (non-hydrogen) atoms. The number of nitrogens with zero attached hydrogens (tertiary/aromatic N) is 2. The zero-order valence-corrected chi connectivity index (χ0v) is 17.2. The number of sulfonamides is 1. The second-order valence-corrected chi connectivity index (χ2v) is 8.70. The number of hydrogen-bond donors (Lipinski definition) is 1. The van der Waals surface area contributed by atoms with E-state index >= 15 is 0 Å². The normalized spacial score (nSPS) is 12.0. The van der Waals surface area contributed by atoms with E-state index in [-0.39, 0.29) is 11.4 Å². The molecule has 1 amide bonds. The van der Waals surface area contributed by atoms with Crippen LogP contribution in [0.4, 0.5) is 0 Å². The Morgan fingerprint density at radius 3 is 2.41 bits per heavy atom. The summed E-state index contributed by atoms with van der Waals surface area (Å²) in [6.07, 6.45) is 2.47. The number of likely N-dealkylation sites (N-methyl/N-ethyl adjacent to an activating group) is 1. The number of aryl methyl sites for hydroxylation is 1. The van der Waals surface area contributed by atoms with E-state index in [2.05, 4.69) is 17.5 Å². The molecule has 0 atom stereocenters. The minimum atomic E-state index is -3.79. The van der Waals surface area contributed by atoms with Gasteiger partial charge in [-0.25, -0.2) is 13.8 Å². The van der Waals surface area contributed by atoms with Crippen molar-refractivity contribution in [1.29, 1.82) is 0 Å². The van der Waals surface area contributed by atoms with Crippen LogP contribution >= 0.6 is 0 Å². The Kier molecular flexibility index (Phi) is 6.41. The first-order chi connectivity index (χ1) is 13.9. The first-order valence-electron chi connectivity index (χ1n) is 9.26. The molecule has 0 saturated heterocycles. The summed E-state index contributed by atoms with van der Waals surface area (Å²) in [5.41, 5.74) is 4.43. The smallest absolute Gasteiger partial charge is 0.255 e. The van der Waals surface area contributed by atoms with E-state index in [9.17, 15) is 13.2 Å². The molecule has 0 spiro atoms.